The fourth-order valence-corrected chi connectivity index (χ4v) is 1.09. The summed E-state index contributed by atoms with van der Waals surface area (Å²) in [5, 5.41) is 7.68. The molecule has 0 spiro atoms. The minimum Gasteiger partial charge on any atom is -0.330 e. The number of carboxylic acid groups (broad SMARTS) is 1. The van der Waals surface area contributed by atoms with Gasteiger partial charge in [0.2, 0.25) is 0 Å². The first kappa shape index (κ1) is 8.07. The molecule has 0 unspecified atom stereocenters. The highest BCUT2D eigenvalue weighted by Crippen LogP contribution is 2.17. The molecule has 0 aliphatic carbocycles. The van der Waals surface area contributed by atoms with Crippen molar-refractivity contribution >= 4 is 17.1 Å². The predicted octanol–water partition coefficient (Wildman–Crippen LogP) is 1.94. The van der Waals surface area contributed by atoms with Gasteiger partial charge in [0.05, 0.1) is 11.8 Å². The molecule has 0 fully saturated rings. The first-order valence-corrected chi connectivity index (χ1v) is 3.68. The number of aliphatic hydroxyl groups excluding tert-OH is 1. The van der Waals surface area contributed by atoms with Gasteiger partial charge in [0.25, 0.3) is 0 Å². The summed E-state index contributed by atoms with van der Waals surface area (Å²) >= 11 is 0.768. The highest BCUT2D eigenvalue weighted by molar-refractivity contribution is 8.13. The molecule has 1 aromatic carbocycles. The quantitative estimate of drug-likeness (QED) is 0.520. The molecule has 0 aliphatic rings. The van der Waals surface area contributed by atoms with Crippen LogP contribution >= 0.6 is 11.8 Å². The van der Waals surface area contributed by atoms with Crippen molar-refractivity contribution < 1.29 is 14.3 Å². The zero-order valence-electron chi connectivity index (χ0n) is 5.49. The summed E-state index contributed by atoms with van der Waals surface area (Å²) < 4.78 is 12.3. The number of hydrogen-bond donors (Lipinski definition) is 1. The largest absolute Gasteiger partial charge is 0.553 e. The fourth-order valence-electron chi connectivity index (χ4n) is 0.608. The Bertz CT molecular complexity index is 258. The minimum atomic E-state index is -0.739. The van der Waals surface area contributed by atoms with Crippen LogP contribution in [-0.4, -0.2) is 15.2 Å². The van der Waals surface area contributed by atoms with Gasteiger partial charge in [-0.15, -0.1) is 0 Å². The summed E-state index contributed by atoms with van der Waals surface area (Å²) in [6.45, 7) is 0. The lowest BCUT2D eigenvalue weighted by Crippen LogP contribution is -1.86. The first-order valence-electron chi connectivity index (χ1n) is 2.87. The highest BCUT2D eigenvalue weighted by atomic mass is 32.2. The molecule has 2 nitrogen and oxygen atoms in total. The van der Waals surface area contributed by atoms with Crippen molar-refractivity contribution in [3.8, 4) is 0 Å². The number of hydrogen-bond acceptors (Lipinski definition) is 1. The molecule has 0 saturated carbocycles. The molecule has 0 heterocycles. The van der Waals surface area contributed by atoms with E-state index < -0.39 is 5.30 Å². The van der Waals surface area contributed by atoms with Crippen molar-refractivity contribution in [1.29, 1.82) is 0 Å². The third-order valence-corrected chi connectivity index (χ3v) is 1.71. The number of thioether (sulfide) groups is 1. The molecule has 1 aromatic rings. The lowest BCUT2D eigenvalue weighted by molar-refractivity contribution is 0.482. The summed E-state index contributed by atoms with van der Waals surface area (Å²) in [7, 11) is 0. The van der Waals surface area contributed by atoms with Crippen LogP contribution in [-0.2, 0) is 0 Å². The van der Waals surface area contributed by atoms with Crippen LogP contribution in [0.4, 0.5) is 4.39 Å². The van der Waals surface area contributed by atoms with Gasteiger partial charge in [0.15, 0.2) is 0 Å². The van der Waals surface area contributed by atoms with Crippen molar-refractivity contribution in [1.82, 2.24) is 0 Å². The summed E-state index contributed by atoms with van der Waals surface area (Å²) in [6.07, 6.45) is 0. The van der Waals surface area contributed by atoms with Crippen LogP contribution in [0.25, 0.3) is 0 Å². The average molecular weight is 173 g/mol. The van der Waals surface area contributed by atoms with Crippen LogP contribution in [0.15, 0.2) is 29.2 Å². The molecule has 1 rings (SSSR count). The van der Waals surface area contributed by atoms with Crippen LogP contribution in [0, 0.1) is 5.82 Å². The molecule has 0 aromatic heterocycles. The zero-order chi connectivity index (χ0) is 8.27. The van der Waals surface area contributed by atoms with E-state index in [1.54, 1.807) is 0 Å². The molecule has 0 radical (unpaired) electrons. The first-order chi connectivity index (χ1) is 5.18. The average Bonchev–Trinajstić information content (AvgIpc) is 1.93. The Kier molecular flexibility index (Phi) is 2.48. The normalized spacial score (nSPS) is 9.55. The van der Waals surface area contributed by atoms with Crippen LogP contribution in [0.2, 0.25) is 0 Å². The van der Waals surface area contributed by atoms with E-state index in [4.69, 9.17) is 9.90 Å². The Balaban J connectivity index is 2.74. The number of benzene rings is 1. The molecule has 58 valence electrons. The van der Waals surface area contributed by atoms with Crippen molar-refractivity contribution in [3.63, 3.8) is 0 Å². The molecule has 0 atom stereocenters. The molecule has 11 heavy (non-hydrogen) atoms. The van der Waals surface area contributed by atoms with Crippen molar-refractivity contribution in [3.05, 3.63) is 30.1 Å². The predicted molar refractivity (Wildman–Crippen MR) is 41.8 cm³/mol. The van der Waals surface area contributed by atoms with Gasteiger partial charge in [-0.3, -0.25) is 0 Å². The molecular formula is C7H6FO2S+. The molecular weight excluding hydrogens is 167 g/mol. The summed E-state index contributed by atoms with van der Waals surface area (Å²) in [6, 6.07) is 5.44. The topological polar surface area (TPSA) is 41.6 Å². The lowest BCUT2D eigenvalue weighted by Gasteiger charge is -1.90. The minimum absolute atomic E-state index is 0.341. The van der Waals surface area contributed by atoms with Crippen molar-refractivity contribution in [2.24, 2.45) is 0 Å². The summed E-state index contributed by atoms with van der Waals surface area (Å²) in [5.41, 5.74) is 0. The van der Waals surface area contributed by atoms with Gasteiger partial charge in [-0.25, -0.2) is 4.39 Å². The van der Waals surface area contributed by atoms with E-state index in [0.717, 1.165) is 11.8 Å². The monoisotopic (exact) mass is 173 g/mol. The number of rotatable bonds is 1. The Morgan fingerprint density at radius 2 is 1.91 bits per heavy atom. The molecule has 2 N–H and O–H groups in total. The van der Waals surface area contributed by atoms with Crippen LogP contribution in [0.3, 0.4) is 0 Å². The fraction of sp³-hybridized carbons (Fsp3) is 0. The molecule has 4 heteroatoms. The van der Waals surface area contributed by atoms with Gasteiger partial charge in [-0.05, 0) is 24.3 Å². The summed E-state index contributed by atoms with van der Waals surface area (Å²) in [4.78, 5) is 9.01. The summed E-state index contributed by atoms with van der Waals surface area (Å²) in [5.74, 6) is -0.341. The smallest absolute Gasteiger partial charge is 0.330 e. The van der Waals surface area contributed by atoms with E-state index in [0.29, 0.717) is 4.90 Å². The zero-order valence-corrected chi connectivity index (χ0v) is 6.31. The maximum atomic E-state index is 12.3. The molecule has 0 bridgehead atoms. The second kappa shape index (κ2) is 3.39. The van der Waals surface area contributed by atoms with E-state index in [2.05, 4.69) is 0 Å². The maximum absolute atomic E-state index is 12.3. The van der Waals surface area contributed by atoms with Crippen LogP contribution in [0.5, 0.6) is 0 Å². The lowest BCUT2D eigenvalue weighted by atomic mass is 10.4. The van der Waals surface area contributed by atoms with Gasteiger partial charge >= 0.3 is 5.30 Å². The van der Waals surface area contributed by atoms with E-state index in [1.165, 1.54) is 24.3 Å². The second-order valence-electron chi connectivity index (χ2n) is 1.84. The maximum Gasteiger partial charge on any atom is 0.553 e. The third-order valence-electron chi connectivity index (χ3n) is 1.02. The molecule has 0 saturated heterocycles. The van der Waals surface area contributed by atoms with Gasteiger partial charge in [0.1, 0.15) is 5.82 Å². The Morgan fingerprint density at radius 1 is 1.36 bits per heavy atom. The standard InChI is InChI=1S/C7H5FO2S/c8-5-1-3-6(4-2-5)11-7(9)10/h1-4H,(H,9,10)/p+1. The van der Waals surface area contributed by atoms with Crippen molar-refractivity contribution in [2.75, 3.05) is 0 Å². The highest BCUT2D eigenvalue weighted by Gasteiger charge is 2.06. The molecule has 0 amide bonds. The van der Waals surface area contributed by atoms with Crippen LogP contribution < -0.4 is 0 Å². The second-order valence-corrected chi connectivity index (χ2v) is 2.88. The van der Waals surface area contributed by atoms with E-state index in [1.807, 2.05) is 0 Å². The van der Waals surface area contributed by atoms with Crippen LogP contribution in [0.1, 0.15) is 0 Å². The van der Waals surface area contributed by atoms with E-state index >= 15 is 0 Å². The van der Waals surface area contributed by atoms with Gasteiger partial charge < -0.3 is 9.90 Å². The Morgan fingerprint density at radius 3 is 2.36 bits per heavy atom. The van der Waals surface area contributed by atoms with E-state index in [9.17, 15) is 4.39 Å². The third kappa shape index (κ3) is 2.59. The van der Waals surface area contributed by atoms with Gasteiger partial charge in [0, 0.05) is 4.90 Å². The van der Waals surface area contributed by atoms with Crippen molar-refractivity contribution in [2.45, 2.75) is 4.90 Å². The number of halogens is 1. The van der Waals surface area contributed by atoms with Gasteiger partial charge in [-0.1, -0.05) is 0 Å². The van der Waals surface area contributed by atoms with Gasteiger partial charge in [-0.2, -0.15) is 0 Å². The Labute approximate surface area is 67.0 Å². The van der Waals surface area contributed by atoms with E-state index in [-0.39, 0.29) is 5.82 Å². The molecule has 0 aliphatic heterocycles. The Hall–Kier alpha value is -1.03. The SMILES string of the molecule is OC(=[OH+])Sc1ccc(F)cc1.